The maximum Gasteiger partial charge on any atom is 0.244 e. The van der Waals surface area contributed by atoms with Gasteiger partial charge in [0.05, 0.1) is 19.3 Å². The van der Waals surface area contributed by atoms with Crippen LogP contribution < -0.4 is 15.2 Å². The molecule has 2 rings (SSSR count). The molecule has 3 N–H and O–H groups in total. The molecule has 0 amide bonds. The van der Waals surface area contributed by atoms with Gasteiger partial charge in [-0.25, -0.2) is 13.1 Å². The summed E-state index contributed by atoms with van der Waals surface area (Å²) in [6.07, 6.45) is 1.63. The molecule has 1 aromatic heterocycles. The fourth-order valence-electron chi connectivity index (χ4n) is 1.85. The van der Waals surface area contributed by atoms with Gasteiger partial charge in [0, 0.05) is 18.0 Å². The number of hydrogen-bond acceptors (Lipinski definition) is 5. The van der Waals surface area contributed by atoms with Crippen LogP contribution in [0.3, 0.4) is 0 Å². The number of benzene rings is 1. The SMILES string of the molecule is COc1cc(N)ccc1S(=O)(=O)NCc1ncccc1C. The Morgan fingerprint density at radius 1 is 1.33 bits per heavy atom. The Balaban J connectivity index is 2.25. The number of aryl methyl sites for hydroxylation is 1. The number of anilines is 1. The van der Waals surface area contributed by atoms with Crippen LogP contribution in [0.15, 0.2) is 41.4 Å². The van der Waals surface area contributed by atoms with Crippen LogP contribution in [0, 0.1) is 6.92 Å². The molecule has 0 spiro atoms. The molecular formula is C14H17N3O3S. The zero-order valence-electron chi connectivity index (χ0n) is 11.8. The fraction of sp³-hybridized carbons (Fsp3) is 0.214. The van der Waals surface area contributed by atoms with Gasteiger partial charge in [0.25, 0.3) is 0 Å². The molecule has 0 aliphatic rings. The van der Waals surface area contributed by atoms with Gasteiger partial charge in [-0.05, 0) is 30.7 Å². The first kappa shape index (κ1) is 15.3. The minimum Gasteiger partial charge on any atom is -0.495 e. The number of ether oxygens (including phenoxy) is 1. The summed E-state index contributed by atoms with van der Waals surface area (Å²) in [6.45, 7) is 1.99. The number of methoxy groups -OCH3 is 1. The summed E-state index contributed by atoms with van der Waals surface area (Å²) in [5.74, 6) is 0.209. The molecule has 0 aliphatic carbocycles. The molecule has 1 aromatic carbocycles. The third-order valence-corrected chi connectivity index (χ3v) is 4.47. The third-order valence-electron chi connectivity index (χ3n) is 3.02. The number of rotatable bonds is 5. The Kier molecular flexibility index (Phi) is 4.44. The first-order valence-electron chi connectivity index (χ1n) is 6.27. The summed E-state index contributed by atoms with van der Waals surface area (Å²) >= 11 is 0. The van der Waals surface area contributed by atoms with Gasteiger partial charge in [-0.2, -0.15) is 0 Å². The van der Waals surface area contributed by atoms with Crippen LogP contribution in [0.25, 0.3) is 0 Å². The van der Waals surface area contributed by atoms with E-state index in [0.29, 0.717) is 11.4 Å². The average Bonchev–Trinajstić information content (AvgIpc) is 2.46. The van der Waals surface area contributed by atoms with Gasteiger partial charge < -0.3 is 10.5 Å². The number of sulfonamides is 1. The van der Waals surface area contributed by atoms with Crippen molar-refractivity contribution in [2.75, 3.05) is 12.8 Å². The molecular weight excluding hydrogens is 290 g/mol. The molecule has 0 radical (unpaired) electrons. The quantitative estimate of drug-likeness (QED) is 0.816. The van der Waals surface area contributed by atoms with E-state index in [4.69, 9.17) is 10.5 Å². The lowest BCUT2D eigenvalue weighted by molar-refractivity contribution is 0.402. The maximum absolute atomic E-state index is 12.3. The molecule has 2 aromatic rings. The number of nitrogen functional groups attached to an aromatic ring is 1. The lowest BCUT2D eigenvalue weighted by Crippen LogP contribution is -2.24. The predicted octanol–water partition coefficient (Wildman–Crippen LogP) is 1.46. The van der Waals surface area contributed by atoms with Crippen LogP contribution in [-0.2, 0) is 16.6 Å². The number of hydrogen-bond donors (Lipinski definition) is 2. The smallest absolute Gasteiger partial charge is 0.244 e. The van der Waals surface area contributed by atoms with E-state index in [1.165, 1.54) is 25.3 Å². The Morgan fingerprint density at radius 3 is 2.76 bits per heavy atom. The highest BCUT2D eigenvalue weighted by atomic mass is 32.2. The first-order valence-corrected chi connectivity index (χ1v) is 7.76. The number of pyridine rings is 1. The van der Waals surface area contributed by atoms with Crippen molar-refractivity contribution in [1.82, 2.24) is 9.71 Å². The highest BCUT2D eigenvalue weighted by molar-refractivity contribution is 7.89. The molecule has 0 saturated heterocycles. The van der Waals surface area contributed by atoms with Gasteiger partial charge >= 0.3 is 0 Å². The fourth-order valence-corrected chi connectivity index (χ4v) is 2.99. The second-order valence-electron chi connectivity index (χ2n) is 4.50. The van der Waals surface area contributed by atoms with Gasteiger partial charge in [-0.1, -0.05) is 6.07 Å². The van der Waals surface area contributed by atoms with Crippen molar-refractivity contribution < 1.29 is 13.2 Å². The first-order chi connectivity index (χ1) is 9.94. The normalized spacial score (nSPS) is 11.3. The minimum absolute atomic E-state index is 0.0489. The molecule has 6 nitrogen and oxygen atoms in total. The van der Waals surface area contributed by atoms with Crippen molar-refractivity contribution in [3.8, 4) is 5.75 Å². The number of aromatic nitrogens is 1. The van der Waals surface area contributed by atoms with Crippen LogP contribution >= 0.6 is 0 Å². The topological polar surface area (TPSA) is 94.3 Å². The molecule has 1 heterocycles. The Labute approximate surface area is 124 Å². The van der Waals surface area contributed by atoms with Gasteiger partial charge in [0.2, 0.25) is 10.0 Å². The van der Waals surface area contributed by atoms with E-state index in [2.05, 4.69) is 9.71 Å². The number of nitrogens with zero attached hydrogens (tertiary/aromatic N) is 1. The van der Waals surface area contributed by atoms with E-state index < -0.39 is 10.0 Å². The maximum atomic E-state index is 12.3. The van der Waals surface area contributed by atoms with E-state index in [1.54, 1.807) is 12.3 Å². The summed E-state index contributed by atoms with van der Waals surface area (Å²) in [7, 11) is -2.31. The van der Waals surface area contributed by atoms with Crippen LogP contribution in [0.5, 0.6) is 5.75 Å². The molecule has 7 heteroatoms. The predicted molar refractivity (Wildman–Crippen MR) is 80.4 cm³/mol. The van der Waals surface area contributed by atoms with Crippen LogP contribution in [0.4, 0.5) is 5.69 Å². The van der Waals surface area contributed by atoms with E-state index >= 15 is 0 Å². The van der Waals surface area contributed by atoms with Crippen LogP contribution in [0.2, 0.25) is 0 Å². The molecule has 0 bridgehead atoms. The van der Waals surface area contributed by atoms with Crippen LogP contribution in [-0.4, -0.2) is 20.5 Å². The summed E-state index contributed by atoms with van der Waals surface area (Å²) in [6, 6.07) is 8.09. The van der Waals surface area contributed by atoms with Gasteiger partial charge in [0.1, 0.15) is 10.6 Å². The highest BCUT2D eigenvalue weighted by Crippen LogP contribution is 2.25. The molecule has 21 heavy (non-hydrogen) atoms. The standard InChI is InChI=1S/C14H17N3O3S/c1-10-4-3-7-16-12(10)9-17-21(18,19)14-6-5-11(15)8-13(14)20-2/h3-8,17H,9,15H2,1-2H3. The largest absolute Gasteiger partial charge is 0.495 e. The summed E-state index contributed by atoms with van der Waals surface area (Å²) in [5, 5.41) is 0. The van der Waals surface area contributed by atoms with Crippen LogP contribution in [0.1, 0.15) is 11.3 Å². The van der Waals surface area contributed by atoms with Crippen molar-refractivity contribution in [3.05, 3.63) is 47.8 Å². The lowest BCUT2D eigenvalue weighted by Gasteiger charge is -2.11. The number of nitrogens with one attached hydrogen (secondary N) is 1. The minimum atomic E-state index is -3.71. The molecule has 0 atom stereocenters. The average molecular weight is 307 g/mol. The molecule has 0 saturated carbocycles. The number of nitrogens with two attached hydrogens (primary N) is 1. The highest BCUT2D eigenvalue weighted by Gasteiger charge is 2.19. The van der Waals surface area contributed by atoms with Crippen molar-refractivity contribution in [2.45, 2.75) is 18.4 Å². The van der Waals surface area contributed by atoms with E-state index in [1.807, 2.05) is 13.0 Å². The third kappa shape index (κ3) is 3.50. The second-order valence-corrected chi connectivity index (χ2v) is 6.24. The molecule has 0 fully saturated rings. The van der Waals surface area contributed by atoms with Crippen molar-refractivity contribution in [1.29, 1.82) is 0 Å². The van der Waals surface area contributed by atoms with E-state index in [-0.39, 0.29) is 17.2 Å². The van der Waals surface area contributed by atoms with Crippen molar-refractivity contribution in [3.63, 3.8) is 0 Å². The van der Waals surface area contributed by atoms with Crippen molar-refractivity contribution >= 4 is 15.7 Å². The lowest BCUT2D eigenvalue weighted by atomic mass is 10.2. The monoisotopic (exact) mass is 307 g/mol. The Morgan fingerprint density at radius 2 is 2.10 bits per heavy atom. The summed E-state index contributed by atoms with van der Waals surface area (Å²) in [5.41, 5.74) is 7.66. The zero-order valence-corrected chi connectivity index (χ0v) is 12.6. The molecule has 112 valence electrons. The van der Waals surface area contributed by atoms with Gasteiger partial charge in [-0.15, -0.1) is 0 Å². The van der Waals surface area contributed by atoms with E-state index in [9.17, 15) is 8.42 Å². The molecule has 0 aliphatic heterocycles. The Bertz CT molecular complexity index is 745. The summed E-state index contributed by atoms with van der Waals surface area (Å²) in [4.78, 5) is 4.20. The summed E-state index contributed by atoms with van der Waals surface area (Å²) < 4.78 is 32.3. The molecule has 0 unspecified atom stereocenters. The van der Waals surface area contributed by atoms with Gasteiger partial charge in [-0.3, -0.25) is 4.98 Å². The second kappa shape index (κ2) is 6.11. The van der Waals surface area contributed by atoms with E-state index in [0.717, 1.165) is 5.56 Å². The Hall–Kier alpha value is -2.12. The zero-order chi connectivity index (χ0) is 15.5. The van der Waals surface area contributed by atoms with Crippen molar-refractivity contribution in [2.24, 2.45) is 0 Å². The van der Waals surface area contributed by atoms with Gasteiger partial charge in [0.15, 0.2) is 0 Å².